The highest BCUT2D eigenvalue weighted by Gasteiger charge is 2.18. The number of rotatable bonds is 7. The summed E-state index contributed by atoms with van der Waals surface area (Å²) in [7, 11) is 8.00. The predicted molar refractivity (Wildman–Crippen MR) is 118 cm³/mol. The van der Waals surface area contributed by atoms with Crippen LogP contribution in [-0.2, 0) is 6.42 Å². The number of methoxy groups -OCH3 is 5. The van der Waals surface area contributed by atoms with Crippen molar-refractivity contribution in [2.75, 3.05) is 35.5 Å². The molecule has 0 unspecified atom stereocenters. The Bertz CT molecular complexity index is 999. The van der Waals surface area contributed by atoms with Crippen LogP contribution in [0, 0.1) is 0 Å². The van der Waals surface area contributed by atoms with E-state index in [1.54, 1.807) is 35.5 Å². The first-order valence-electron chi connectivity index (χ1n) is 9.39. The van der Waals surface area contributed by atoms with Gasteiger partial charge in [-0.2, -0.15) is 10.2 Å². The summed E-state index contributed by atoms with van der Waals surface area (Å²) in [6, 6.07) is 7.65. The Morgan fingerprint density at radius 2 is 1.30 bits per heavy atom. The van der Waals surface area contributed by atoms with Crippen LogP contribution in [0.1, 0.15) is 23.6 Å². The van der Waals surface area contributed by atoms with Crippen molar-refractivity contribution in [3.63, 3.8) is 0 Å². The van der Waals surface area contributed by atoms with Crippen LogP contribution < -0.4 is 23.7 Å². The quantitative estimate of drug-likeness (QED) is 0.685. The maximum atomic E-state index is 5.48. The lowest BCUT2D eigenvalue weighted by atomic mass is 9.97. The Labute approximate surface area is 176 Å². The average Bonchev–Trinajstić information content (AvgIpc) is 2.93. The van der Waals surface area contributed by atoms with Gasteiger partial charge in [0, 0.05) is 17.7 Å². The summed E-state index contributed by atoms with van der Waals surface area (Å²) in [6.45, 7) is 1.95. The molecule has 158 valence electrons. The minimum Gasteiger partial charge on any atom is -0.493 e. The SMILES string of the molecule is COc1cc2c(cc1OC)C(/C=C/c1cc(OC)c(OC)c(OC)c1)=NN=C(C)C2. The molecule has 0 aromatic heterocycles. The van der Waals surface area contributed by atoms with E-state index in [9.17, 15) is 0 Å². The van der Waals surface area contributed by atoms with Crippen LogP contribution >= 0.6 is 0 Å². The summed E-state index contributed by atoms with van der Waals surface area (Å²) in [4.78, 5) is 0. The summed E-state index contributed by atoms with van der Waals surface area (Å²) >= 11 is 0. The van der Waals surface area contributed by atoms with Crippen LogP contribution in [0.2, 0.25) is 0 Å². The molecule has 0 saturated carbocycles. The first kappa shape index (κ1) is 21.2. The van der Waals surface area contributed by atoms with E-state index in [1.807, 2.05) is 43.3 Å². The number of ether oxygens (including phenoxy) is 5. The molecule has 1 aliphatic heterocycles. The molecule has 2 aromatic carbocycles. The zero-order valence-electron chi connectivity index (χ0n) is 18.1. The molecule has 1 heterocycles. The molecule has 0 saturated heterocycles. The van der Waals surface area contributed by atoms with E-state index >= 15 is 0 Å². The van der Waals surface area contributed by atoms with Crippen molar-refractivity contribution in [2.24, 2.45) is 10.2 Å². The third kappa shape index (κ3) is 4.25. The fourth-order valence-corrected chi connectivity index (χ4v) is 3.31. The van der Waals surface area contributed by atoms with Crippen LogP contribution in [0.5, 0.6) is 28.7 Å². The van der Waals surface area contributed by atoms with E-state index in [-0.39, 0.29) is 0 Å². The molecule has 0 aliphatic carbocycles. The first-order chi connectivity index (χ1) is 14.5. The fraction of sp³-hybridized carbons (Fsp3) is 0.304. The van der Waals surface area contributed by atoms with E-state index in [0.717, 1.165) is 28.1 Å². The molecule has 1 aliphatic rings. The van der Waals surface area contributed by atoms with Gasteiger partial charge in [-0.15, -0.1) is 0 Å². The second kappa shape index (κ2) is 9.35. The van der Waals surface area contributed by atoms with Crippen molar-refractivity contribution in [1.82, 2.24) is 0 Å². The second-order valence-electron chi connectivity index (χ2n) is 6.65. The highest BCUT2D eigenvalue weighted by atomic mass is 16.5. The number of hydrogen-bond donors (Lipinski definition) is 0. The van der Waals surface area contributed by atoms with Gasteiger partial charge in [0.15, 0.2) is 23.0 Å². The number of hydrogen-bond acceptors (Lipinski definition) is 7. The molecule has 2 aromatic rings. The highest BCUT2D eigenvalue weighted by molar-refractivity contribution is 6.13. The van der Waals surface area contributed by atoms with Crippen LogP contribution in [0.25, 0.3) is 6.08 Å². The van der Waals surface area contributed by atoms with E-state index in [2.05, 4.69) is 10.2 Å². The van der Waals surface area contributed by atoms with Crippen molar-refractivity contribution in [1.29, 1.82) is 0 Å². The van der Waals surface area contributed by atoms with E-state index in [1.165, 1.54) is 0 Å². The van der Waals surface area contributed by atoms with Crippen molar-refractivity contribution < 1.29 is 23.7 Å². The van der Waals surface area contributed by atoms with Gasteiger partial charge >= 0.3 is 0 Å². The molecule has 0 N–H and O–H groups in total. The van der Waals surface area contributed by atoms with Crippen LogP contribution in [0.15, 0.2) is 40.5 Å². The predicted octanol–water partition coefficient (Wildman–Crippen LogP) is 4.16. The Hall–Kier alpha value is -3.48. The lowest BCUT2D eigenvalue weighted by molar-refractivity contribution is 0.324. The monoisotopic (exact) mass is 410 g/mol. The number of nitrogens with zero attached hydrogens (tertiary/aromatic N) is 2. The summed E-state index contributed by atoms with van der Waals surface area (Å²) in [5.41, 5.74) is 4.52. The van der Waals surface area contributed by atoms with Gasteiger partial charge in [0.25, 0.3) is 0 Å². The topological polar surface area (TPSA) is 70.9 Å². The molecule has 3 rings (SSSR count). The van der Waals surface area contributed by atoms with Gasteiger partial charge in [-0.3, -0.25) is 0 Å². The lowest BCUT2D eigenvalue weighted by Gasteiger charge is -2.14. The molecular weight excluding hydrogens is 384 g/mol. The van der Waals surface area contributed by atoms with Gasteiger partial charge in [-0.05, 0) is 48.4 Å². The summed E-state index contributed by atoms with van der Waals surface area (Å²) < 4.78 is 27.2. The molecule has 0 amide bonds. The van der Waals surface area contributed by atoms with E-state index in [0.29, 0.717) is 35.2 Å². The van der Waals surface area contributed by atoms with Crippen molar-refractivity contribution in [3.8, 4) is 28.7 Å². The van der Waals surface area contributed by atoms with Crippen molar-refractivity contribution in [2.45, 2.75) is 13.3 Å². The maximum Gasteiger partial charge on any atom is 0.203 e. The van der Waals surface area contributed by atoms with Gasteiger partial charge in [0.1, 0.15) is 0 Å². The maximum absolute atomic E-state index is 5.48. The molecule has 0 atom stereocenters. The smallest absolute Gasteiger partial charge is 0.203 e. The largest absolute Gasteiger partial charge is 0.493 e. The Morgan fingerprint density at radius 1 is 0.700 bits per heavy atom. The molecule has 30 heavy (non-hydrogen) atoms. The minimum atomic E-state index is 0.548. The molecule has 0 bridgehead atoms. The molecule has 0 radical (unpaired) electrons. The summed E-state index contributed by atoms with van der Waals surface area (Å²) in [5, 5.41) is 8.78. The van der Waals surface area contributed by atoms with Crippen LogP contribution in [0.4, 0.5) is 0 Å². The van der Waals surface area contributed by atoms with Crippen LogP contribution in [0.3, 0.4) is 0 Å². The Morgan fingerprint density at radius 3 is 1.87 bits per heavy atom. The van der Waals surface area contributed by atoms with Gasteiger partial charge < -0.3 is 23.7 Å². The molecule has 0 spiro atoms. The second-order valence-corrected chi connectivity index (χ2v) is 6.65. The zero-order valence-corrected chi connectivity index (χ0v) is 18.1. The van der Waals surface area contributed by atoms with Gasteiger partial charge in [-0.25, -0.2) is 0 Å². The van der Waals surface area contributed by atoms with E-state index < -0.39 is 0 Å². The third-order valence-corrected chi connectivity index (χ3v) is 4.78. The first-order valence-corrected chi connectivity index (χ1v) is 9.39. The number of fused-ring (bicyclic) bond motifs is 1. The lowest BCUT2D eigenvalue weighted by Crippen LogP contribution is -2.05. The average molecular weight is 410 g/mol. The standard InChI is InChI=1S/C23H26N2O5/c1-14-9-16-12-19(26-2)20(27-3)13-17(16)18(25-24-14)8-7-15-10-21(28-4)23(30-6)22(11-15)29-5/h7-8,10-13H,9H2,1-6H3/b8-7+. The van der Waals surface area contributed by atoms with Gasteiger partial charge in [0.05, 0.1) is 41.3 Å². The Kier molecular flexibility index (Phi) is 6.61. The fourth-order valence-electron chi connectivity index (χ4n) is 3.31. The Balaban J connectivity index is 2.06. The normalized spacial score (nSPS) is 13.1. The van der Waals surface area contributed by atoms with Crippen molar-refractivity contribution >= 4 is 17.5 Å². The summed E-state index contributed by atoms with van der Waals surface area (Å²) in [5.74, 6) is 3.04. The van der Waals surface area contributed by atoms with Crippen molar-refractivity contribution in [3.05, 3.63) is 47.0 Å². The zero-order chi connectivity index (χ0) is 21.7. The molecular formula is C23H26N2O5. The third-order valence-electron chi connectivity index (χ3n) is 4.78. The molecule has 7 nitrogen and oxygen atoms in total. The van der Waals surface area contributed by atoms with E-state index in [4.69, 9.17) is 23.7 Å². The van der Waals surface area contributed by atoms with Gasteiger partial charge in [-0.1, -0.05) is 6.08 Å². The molecule has 7 heteroatoms. The van der Waals surface area contributed by atoms with Crippen LogP contribution in [-0.4, -0.2) is 47.0 Å². The van der Waals surface area contributed by atoms with Gasteiger partial charge in [0.2, 0.25) is 5.75 Å². The number of benzene rings is 2. The molecule has 0 fully saturated rings. The highest BCUT2D eigenvalue weighted by Crippen LogP contribution is 2.38. The number of allylic oxidation sites excluding steroid dienone is 1. The summed E-state index contributed by atoms with van der Waals surface area (Å²) in [6.07, 6.45) is 4.52. The minimum absolute atomic E-state index is 0.548.